The van der Waals surface area contributed by atoms with Gasteiger partial charge in [-0.3, -0.25) is 24.5 Å². The molecule has 7 heteroatoms. The van der Waals surface area contributed by atoms with Gasteiger partial charge in [-0.15, -0.1) is 0 Å². The largest absolute Gasteiger partial charge is 0.396 e. The number of nitrogens with two attached hydrogens (primary N) is 1. The molecule has 1 aromatic rings. The van der Waals surface area contributed by atoms with Crippen molar-refractivity contribution in [2.45, 2.75) is 25.9 Å². The maximum Gasteiger partial charge on any atom is 0.246 e. The van der Waals surface area contributed by atoms with Crippen molar-refractivity contribution < 1.29 is 9.59 Å². The van der Waals surface area contributed by atoms with Crippen LogP contribution in [0, 0.1) is 0 Å². The highest BCUT2D eigenvalue weighted by molar-refractivity contribution is 6.02. The summed E-state index contributed by atoms with van der Waals surface area (Å²) >= 11 is 0. The van der Waals surface area contributed by atoms with Crippen LogP contribution in [0.2, 0.25) is 0 Å². The van der Waals surface area contributed by atoms with Crippen LogP contribution in [0.4, 0.5) is 5.69 Å². The Morgan fingerprint density at radius 2 is 2.17 bits per heavy atom. The summed E-state index contributed by atoms with van der Waals surface area (Å²) in [6.45, 7) is 4.96. The summed E-state index contributed by atoms with van der Waals surface area (Å²) in [6, 6.07) is 0. The molecule has 0 bridgehead atoms. The normalized spacial score (nSPS) is 19.9. The summed E-state index contributed by atoms with van der Waals surface area (Å²) in [5.41, 5.74) is 5.48. The van der Waals surface area contributed by atoms with Gasteiger partial charge in [0.15, 0.2) is 0 Å². The van der Waals surface area contributed by atoms with Gasteiger partial charge in [0.25, 0.3) is 0 Å². The number of amides is 2. The van der Waals surface area contributed by atoms with E-state index in [1.807, 2.05) is 4.90 Å². The van der Waals surface area contributed by atoms with E-state index in [2.05, 4.69) is 10.4 Å². The molecule has 2 heterocycles. The standard InChI is InChI=1S/C11H17N5O2/c1-11(2)10(18)14-9(17)7-15(11)3-4-16-6-8(12)5-13-16/h5-6H,3-4,7,12H2,1-2H3,(H,14,17,18). The average Bonchev–Trinajstić information content (AvgIpc) is 2.68. The second-order valence-electron chi connectivity index (χ2n) is 4.89. The zero-order valence-corrected chi connectivity index (χ0v) is 10.5. The lowest BCUT2D eigenvalue weighted by Crippen LogP contribution is -2.64. The minimum absolute atomic E-state index is 0.218. The Hall–Kier alpha value is -1.89. The number of hydrogen-bond acceptors (Lipinski definition) is 5. The number of aromatic nitrogens is 2. The minimum atomic E-state index is -0.688. The molecule has 1 aromatic heterocycles. The van der Waals surface area contributed by atoms with Crippen molar-refractivity contribution in [3.8, 4) is 0 Å². The van der Waals surface area contributed by atoms with E-state index in [0.717, 1.165) is 0 Å². The number of nitrogens with zero attached hydrogens (tertiary/aromatic N) is 3. The Morgan fingerprint density at radius 3 is 2.78 bits per heavy atom. The Morgan fingerprint density at radius 1 is 1.44 bits per heavy atom. The van der Waals surface area contributed by atoms with Gasteiger partial charge in [0.1, 0.15) is 0 Å². The van der Waals surface area contributed by atoms with Crippen molar-refractivity contribution in [3.05, 3.63) is 12.4 Å². The maximum absolute atomic E-state index is 11.7. The summed E-state index contributed by atoms with van der Waals surface area (Å²) < 4.78 is 1.70. The molecule has 1 aliphatic heterocycles. The Labute approximate surface area is 105 Å². The monoisotopic (exact) mass is 251 g/mol. The van der Waals surface area contributed by atoms with Crippen molar-refractivity contribution in [2.24, 2.45) is 0 Å². The van der Waals surface area contributed by atoms with Gasteiger partial charge in [-0.25, -0.2) is 0 Å². The molecular formula is C11H17N5O2. The Balaban J connectivity index is 2.02. The third-order valence-corrected chi connectivity index (χ3v) is 3.19. The van der Waals surface area contributed by atoms with Crippen LogP contribution in [0.5, 0.6) is 0 Å². The molecule has 2 rings (SSSR count). The van der Waals surface area contributed by atoms with Crippen molar-refractivity contribution in [2.75, 3.05) is 18.8 Å². The van der Waals surface area contributed by atoms with Gasteiger partial charge in [0, 0.05) is 12.7 Å². The minimum Gasteiger partial charge on any atom is -0.396 e. The fourth-order valence-electron chi connectivity index (χ4n) is 1.92. The van der Waals surface area contributed by atoms with E-state index in [0.29, 0.717) is 18.8 Å². The van der Waals surface area contributed by atoms with Crippen molar-refractivity contribution in [1.82, 2.24) is 20.0 Å². The fraction of sp³-hybridized carbons (Fsp3) is 0.545. The van der Waals surface area contributed by atoms with Crippen molar-refractivity contribution in [1.29, 1.82) is 0 Å². The van der Waals surface area contributed by atoms with Gasteiger partial charge in [0.05, 0.1) is 30.5 Å². The van der Waals surface area contributed by atoms with Crippen LogP contribution < -0.4 is 11.1 Å². The number of rotatable bonds is 3. The van der Waals surface area contributed by atoms with Crippen LogP contribution >= 0.6 is 0 Å². The topological polar surface area (TPSA) is 93.2 Å². The van der Waals surface area contributed by atoms with Crippen molar-refractivity contribution in [3.63, 3.8) is 0 Å². The molecule has 0 radical (unpaired) electrons. The van der Waals surface area contributed by atoms with E-state index < -0.39 is 5.54 Å². The Bertz CT molecular complexity index is 480. The second kappa shape index (κ2) is 4.41. The number of carbonyl (C=O) groups excluding carboxylic acids is 2. The van der Waals surface area contributed by atoms with E-state index in [4.69, 9.17) is 5.73 Å². The van der Waals surface area contributed by atoms with Crippen LogP contribution in [0.1, 0.15) is 13.8 Å². The molecular weight excluding hydrogens is 234 g/mol. The fourth-order valence-corrected chi connectivity index (χ4v) is 1.92. The van der Waals surface area contributed by atoms with E-state index >= 15 is 0 Å². The predicted molar refractivity (Wildman–Crippen MR) is 65.4 cm³/mol. The molecule has 2 amide bonds. The third-order valence-electron chi connectivity index (χ3n) is 3.19. The van der Waals surface area contributed by atoms with Crippen LogP contribution in [0.25, 0.3) is 0 Å². The van der Waals surface area contributed by atoms with Crippen LogP contribution in [0.3, 0.4) is 0 Å². The molecule has 7 nitrogen and oxygen atoms in total. The molecule has 0 spiro atoms. The summed E-state index contributed by atoms with van der Waals surface area (Å²) in [6.07, 6.45) is 3.29. The molecule has 0 atom stereocenters. The first-order chi connectivity index (χ1) is 8.39. The lowest BCUT2D eigenvalue weighted by atomic mass is 9.99. The number of hydrogen-bond donors (Lipinski definition) is 2. The SMILES string of the molecule is CC1(C)C(=O)NC(=O)CN1CCn1cc(N)cn1. The first kappa shape index (κ1) is 12.6. The van der Waals surface area contributed by atoms with E-state index in [1.54, 1.807) is 30.9 Å². The molecule has 1 aliphatic rings. The highest BCUT2D eigenvalue weighted by atomic mass is 16.2. The molecule has 0 unspecified atom stereocenters. The molecule has 1 fully saturated rings. The average molecular weight is 251 g/mol. The summed E-state index contributed by atoms with van der Waals surface area (Å²) in [7, 11) is 0. The first-order valence-corrected chi connectivity index (χ1v) is 5.77. The quantitative estimate of drug-likeness (QED) is 0.686. The molecule has 0 saturated carbocycles. The van der Waals surface area contributed by atoms with Gasteiger partial charge < -0.3 is 5.73 Å². The molecule has 3 N–H and O–H groups in total. The lowest BCUT2D eigenvalue weighted by Gasteiger charge is -2.40. The van der Waals surface area contributed by atoms with Gasteiger partial charge in [-0.1, -0.05) is 0 Å². The second-order valence-corrected chi connectivity index (χ2v) is 4.89. The van der Waals surface area contributed by atoms with Crippen LogP contribution in [-0.2, 0) is 16.1 Å². The maximum atomic E-state index is 11.7. The van der Waals surface area contributed by atoms with E-state index in [1.165, 1.54) is 0 Å². The lowest BCUT2D eigenvalue weighted by molar-refractivity contribution is -0.145. The number of piperazine rings is 1. The number of imide groups is 1. The van der Waals surface area contributed by atoms with Crippen LogP contribution in [0.15, 0.2) is 12.4 Å². The zero-order valence-electron chi connectivity index (χ0n) is 10.5. The number of anilines is 1. The van der Waals surface area contributed by atoms with Crippen molar-refractivity contribution >= 4 is 17.5 Å². The van der Waals surface area contributed by atoms with Crippen LogP contribution in [-0.4, -0.2) is 45.1 Å². The first-order valence-electron chi connectivity index (χ1n) is 5.77. The van der Waals surface area contributed by atoms with Gasteiger partial charge in [-0.05, 0) is 13.8 Å². The predicted octanol–water partition coefficient (Wildman–Crippen LogP) is -0.798. The Kier molecular flexibility index (Phi) is 3.08. The smallest absolute Gasteiger partial charge is 0.246 e. The molecule has 18 heavy (non-hydrogen) atoms. The van der Waals surface area contributed by atoms with Gasteiger partial charge in [0.2, 0.25) is 11.8 Å². The summed E-state index contributed by atoms with van der Waals surface area (Å²) in [5.74, 6) is -0.530. The molecule has 1 saturated heterocycles. The van der Waals surface area contributed by atoms with Gasteiger partial charge in [-0.2, -0.15) is 5.10 Å². The zero-order chi connectivity index (χ0) is 13.3. The summed E-state index contributed by atoms with van der Waals surface area (Å²) in [4.78, 5) is 24.9. The number of nitrogens with one attached hydrogen (secondary N) is 1. The van der Waals surface area contributed by atoms with E-state index in [-0.39, 0.29) is 18.4 Å². The molecule has 0 aromatic carbocycles. The van der Waals surface area contributed by atoms with E-state index in [9.17, 15) is 9.59 Å². The number of nitrogen functional groups attached to an aromatic ring is 1. The highest BCUT2D eigenvalue weighted by Gasteiger charge is 2.40. The summed E-state index contributed by atoms with van der Waals surface area (Å²) in [5, 5.41) is 6.41. The molecule has 0 aliphatic carbocycles. The molecule has 98 valence electrons. The number of carbonyl (C=O) groups is 2. The third kappa shape index (κ3) is 2.35. The van der Waals surface area contributed by atoms with Gasteiger partial charge >= 0.3 is 0 Å². The highest BCUT2D eigenvalue weighted by Crippen LogP contribution is 2.17.